The summed E-state index contributed by atoms with van der Waals surface area (Å²) in [6.45, 7) is 4.95. The summed E-state index contributed by atoms with van der Waals surface area (Å²) in [4.78, 5) is 8.92. The van der Waals surface area contributed by atoms with Crippen LogP contribution in [0.25, 0.3) is 0 Å². The zero-order valence-electron chi connectivity index (χ0n) is 14.2. The lowest BCUT2D eigenvalue weighted by Gasteiger charge is -2.33. The van der Waals surface area contributed by atoms with Gasteiger partial charge in [0.25, 0.3) is 0 Å². The van der Waals surface area contributed by atoms with Gasteiger partial charge in [0, 0.05) is 31.1 Å². The van der Waals surface area contributed by atoms with Gasteiger partial charge in [0.1, 0.15) is 16.8 Å². The van der Waals surface area contributed by atoms with Crippen LogP contribution in [0.2, 0.25) is 5.15 Å². The number of nitrogens with one attached hydrogen (secondary N) is 1. The van der Waals surface area contributed by atoms with Gasteiger partial charge in [-0.05, 0) is 23.8 Å². The number of halogens is 1. The largest absolute Gasteiger partial charge is 0.396 e. The third kappa shape index (κ3) is 4.05. The van der Waals surface area contributed by atoms with E-state index in [4.69, 9.17) is 11.6 Å². The Morgan fingerprint density at radius 3 is 2.58 bits per heavy atom. The van der Waals surface area contributed by atoms with Crippen molar-refractivity contribution < 1.29 is 5.11 Å². The van der Waals surface area contributed by atoms with Crippen molar-refractivity contribution in [1.29, 1.82) is 0 Å². The molecule has 24 heavy (non-hydrogen) atoms. The molecule has 1 fully saturated rings. The molecule has 0 spiro atoms. The monoisotopic (exact) mass is 345 g/mol. The standard InChI is InChI=1S/C19H24ClN3O/c1-19(2,12-24)15(13-6-4-3-5-7-13)11-21-17-10-16(20)22-18(23-17)14-8-9-14/h3-7,10,14-15,24H,8-9,11-12H2,1-2H3,(H,21,22,23). The predicted octanol–water partition coefficient (Wildman–Crippen LogP) is 4.22. The van der Waals surface area contributed by atoms with Gasteiger partial charge in [0.15, 0.2) is 0 Å². The second kappa shape index (κ2) is 7.08. The molecule has 5 heteroatoms. The van der Waals surface area contributed by atoms with E-state index in [0.717, 1.165) is 24.5 Å². The van der Waals surface area contributed by atoms with Gasteiger partial charge < -0.3 is 10.4 Å². The summed E-state index contributed by atoms with van der Waals surface area (Å²) in [5.41, 5.74) is 0.955. The quantitative estimate of drug-likeness (QED) is 0.737. The molecule has 1 saturated carbocycles. The summed E-state index contributed by atoms with van der Waals surface area (Å²) in [5, 5.41) is 13.7. The summed E-state index contributed by atoms with van der Waals surface area (Å²) in [5.74, 6) is 2.21. The van der Waals surface area contributed by atoms with Crippen molar-refractivity contribution in [3.05, 3.63) is 52.9 Å². The van der Waals surface area contributed by atoms with Crippen molar-refractivity contribution in [3.63, 3.8) is 0 Å². The number of nitrogens with zero attached hydrogens (tertiary/aromatic N) is 2. The molecule has 0 aliphatic heterocycles. The molecule has 0 amide bonds. The molecule has 0 saturated heterocycles. The predicted molar refractivity (Wildman–Crippen MR) is 97.6 cm³/mol. The highest BCUT2D eigenvalue weighted by Gasteiger charge is 2.31. The van der Waals surface area contributed by atoms with E-state index in [0.29, 0.717) is 17.6 Å². The Morgan fingerprint density at radius 2 is 1.96 bits per heavy atom. The van der Waals surface area contributed by atoms with Crippen LogP contribution < -0.4 is 5.32 Å². The minimum absolute atomic E-state index is 0.117. The minimum Gasteiger partial charge on any atom is -0.396 e. The lowest BCUT2D eigenvalue weighted by molar-refractivity contribution is 0.134. The highest BCUT2D eigenvalue weighted by molar-refractivity contribution is 6.29. The fraction of sp³-hybridized carbons (Fsp3) is 0.474. The van der Waals surface area contributed by atoms with E-state index in [2.05, 4.69) is 41.3 Å². The maximum absolute atomic E-state index is 9.82. The van der Waals surface area contributed by atoms with Gasteiger partial charge in [-0.1, -0.05) is 55.8 Å². The number of rotatable bonds is 7. The second-order valence-corrected chi connectivity index (χ2v) is 7.59. The molecule has 0 bridgehead atoms. The number of aromatic nitrogens is 2. The van der Waals surface area contributed by atoms with Crippen LogP contribution in [0.3, 0.4) is 0 Å². The Morgan fingerprint density at radius 1 is 1.25 bits per heavy atom. The maximum Gasteiger partial charge on any atom is 0.135 e. The van der Waals surface area contributed by atoms with Crippen molar-refractivity contribution in [3.8, 4) is 0 Å². The van der Waals surface area contributed by atoms with E-state index in [9.17, 15) is 5.11 Å². The molecule has 1 aromatic carbocycles. The van der Waals surface area contributed by atoms with E-state index in [1.165, 1.54) is 5.56 Å². The zero-order chi connectivity index (χ0) is 17.2. The Balaban J connectivity index is 1.79. The van der Waals surface area contributed by atoms with Gasteiger partial charge in [-0.2, -0.15) is 0 Å². The average Bonchev–Trinajstić information content (AvgIpc) is 3.40. The third-order valence-electron chi connectivity index (χ3n) is 4.69. The molecule has 1 aliphatic carbocycles. The Labute approximate surface area is 148 Å². The number of benzene rings is 1. The van der Waals surface area contributed by atoms with Crippen molar-refractivity contribution in [2.75, 3.05) is 18.5 Å². The van der Waals surface area contributed by atoms with Crippen LogP contribution in [0.5, 0.6) is 0 Å². The van der Waals surface area contributed by atoms with Crippen molar-refractivity contribution >= 4 is 17.4 Å². The highest BCUT2D eigenvalue weighted by atomic mass is 35.5. The van der Waals surface area contributed by atoms with Gasteiger partial charge in [-0.3, -0.25) is 0 Å². The van der Waals surface area contributed by atoms with E-state index in [1.807, 2.05) is 18.2 Å². The highest BCUT2D eigenvalue weighted by Crippen LogP contribution is 2.39. The van der Waals surface area contributed by atoms with Gasteiger partial charge in [0.05, 0.1) is 0 Å². The molecule has 2 N–H and O–H groups in total. The van der Waals surface area contributed by atoms with Crippen LogP contribution in [0.15, 0.2) is 36.4 Å². The molecule has 1 aliphatic rings. The topological polar surface area (TPSA) is 58.0 Å². The number of aliphatic hydroxyl groups is 1. The first-order valence-corrected chi connectivity index (χ1v) is 8.81. The fourth-order valence-electron chi connectivity index (χ4n) is 2.90. The maximum atomic E-state index is 9.82. The van der Waals surface area contributed by atoms with Crippen LogP contribution >= 0.6 is 11.6 Å². The molecule has 2 aromatic rings. The summed E-state index contributed by atoms with van der Waals surface area (Å²) in [6, 6.07) is 12.0. The van der Waals surface area contributed by atoms with Crippen LogP contribution in [0.1, 0.15) is 49.9 Å². The first kappa shape index (κ1) is 17.2. The fourth-order valence-corrected chi connectivity index (χ4v) is 3.09. The summed E-state index contributed by atoms with van der Waals surface area (Å²) >= 11 is 6.14. The van der Waals surface area contributed by atoms with Gasteiger partial charge >= 0.3 is 0 Å². The molecule has 3 rings (SSSR count). The SMILES string of the molecule is CC(C)(CO)C(CNc1cc(Cl)nc(C2CC2)n1)c1ccccc1. The van der Waals surface area contributed by atoms with Crippen molar-refractivity contribution in [1.82, 2.24) is 9.97 Å². The molecular weight excluding hydrogens is 322 g/mol. The molecule has 0 radical (unpaired) electrons. The molecule has 1 heterocycles. The van der Waals surface area contributed by atoms with Crippen molar-refractivity contribution in [2.24, 2.45) is 5.41 Å². The molecule has 1 atom stereocenters. The van der Waals surface area contributed by atoms with Crippen LogP contribution in [0.4, 0.5) is 5.82 Å². The zero-order valence-corrected chi connectivity index (χ0v) is 14.9. The first-order valence-electron chi connectivity index (χ1n) is 8.44. The van der Waals surface area contributed by atoms with E-state index in [1.54, 1.807) is 6.07 Å². The smallest absolute Gasteiger partial charge is 0.135 e. The van der Waals surface area contributed by atoms with Crippen LogP contribution in [-0.4, -0.2) is 28.2 Å². The molecule has 4 nitrogen and oxygen atoms in total. The van der Waals surface area contributed by atoms with E-state index >= 15 is 0 Å². The van der Waals surface area contributed by atoms with Gasteiger partial charge in [0.2, 0.25) is 0 Å². The van der Waals surface area contributed by atoms with Crippen molar-refractivity contribution in [2.45, 2.75) is 38.5 Å². The summed E-state index contributed by atoms with van der Waals surface area (Å²) in [7, 11) is 0. The molecule has 128 valence electrons. The summed E-state index contributed by atoms with van der Waals surface area (Å²) < 4.78 is 0. The first-order chi connectivity index (χ1) is 11.5. The second-order valence-electron chi connectivity index (χ2n) is 7.20. The van der Waals surface area contributed by atoms with E-state index in [-0.39, 0.29) is 17.9 Å². The van der Waals surface area contributed by atoms with Gasteiger partial charge in [-0.15, -0.1) is 0 Å². The number of hydrogen-bond acceptors (Lipinski definition) is 4. The molecule has 1 aromatic heterocycles. The average molecular weight is 346 g/mol. The normalized spacial score (nSPS) is 16.0. The lowest BCUT2D eigenvalue weighted by atomic mass is 9.75. The Bertz CT molecular complexity index is 686. The van der Waals surface area contributed by atoms with Gasteiger partial charge in [-0.25, -0.2) is 9.97 Å². The molecule has 1 unspecified atom stereocenters. The van der Waals surface area contributed by atoms with Crippen LogP contribution in [-0.2, 0) is 0 Å². The Hall–Kier alpha value is -1.65. The molecular formula is C19H24ClN3O. The third-order valence-corrected chi connectivity index (χ3v) is 4.89. The minimum atomic E-state index is -0.246. The Kier molecular flexibility index (Phi) is 5.07. The number of aliphatic hydroxyl groups excluding tert-OH is 1. The van der Waals surface area contributed by atoms with Crippen LogP contribution in [0, 0.1) is 5.41 Å². The lowest BCUT2D eigenvalue weighted by Crippen LogP contribution is -2.31. The number of hydrogen-bond donors (Lipinski definition) is 2. The summed E-state index contributed by atoms with van der Waals surface area (Å²) in [6.07, 6.45) is 2.29. The van der Waals surface area contributed by atoms with E-state index < -0.39 is 0 Å². The number of anilines is 1.